The summed E-state index contributed by atoms with van der Waals surface area (Å²) in [5, 5.41) is 6.29. The molecule has 1 aliphatic rings. The van der Waals surface area contributed by atoms with Gasteiger partial charge in [-0.2, -0.15) is 0 Å². The van der Waals surface area contributed by atoms with Crippen LogP contribution in [0.1, 0.15) is 18.9 Å². The molecule has 0 saturated carbocycles. The van der Waals surface area contributed by atoms with Crippen molar-refractivity contribution in [2.45, 2.75) is 25.8 Å². The fourth-order valence-electron chi connectivity index (χ4n) is 2.41. The molecule has 9 heteroatoms. The minimum atomic E-state index is -2.91. The minimum absolute atomic E-state index is 0. The zero-order valence-electron chi connectivity index (χ0n) is 13.4. The molecule has 1 heterocycles. The van der Waals surface area contributed by atoms with Crippen LogP contribution in [0.3, 0.4) is 0 Å². The monoisotopic (exact) mass is 533 g/mol. The number of hydrogen-bond acceptors (Lipinski definition) is 3. The average Bonchev–Trinajstić information content (AvgIpc) is 2.82. The molecule has 1 unspecified atom stereocenters. The van der Waals surface area contributed by atoms with Crippen molar-refractivity contribution < 1.29 is 12.8 Å². The second kappa shape index (κ2) is 9.91. The van der Waals surface area contributed by atoms with Gasteiger partial charge in [-0.1, -0.05) is 6.07 Å². The van der Waals surface area contributed by atoms with Gasteiger partial charge in [-0.05, 0) is 53.4 Å². The third kappa shape index (κ3) is 6.83. The zero-order valence-corrected chi connectivity index (χ0v) is 18.1. The summed E-state index contributed by atoms with van der Waals surface area (Å²) in [5.41, 5.74) is 0.987. The van der Waals surface area contributed by atoms with Crippen LogP contribution >= 0.6 is 39.9 Å². The van der Waals surface area contributed by atoms with Crippen molar-refractivity contribution in [2.24, 2.45) is 4.99 Å². The number of halogens is 3. The van der Waals surface area contributed by atoms with Crippen molar-refractivity contribution in [1.29, 1.82) is 0 Å². The van der Waals surface area contributed by atoms with E-state index in [1.54, 1.807) is 12.1 Å². The maximum Gasteiger partial charge on any atom is 0.191 e. The number of hydrogen-bond donors (Lipinski definition) is 2. The molecule has 2 rings (SSSR count). The number of benzene rings is 1. The first-order valence-corrected chi connectivity index (χ1v) is 10.2. The van der Waals surface area contributed by atoms with E-state index in [1.807, 2.05) is 6.92 Å². The maximum atomic E-state index is 13.2. The van der Waals surface area contributed by atoms with Crippen LogP contribution in [0.5, 0.6) is 0 Å². The van der Waals surface area contributed by atoms with Crippen molar-refractivity contribution in [3.05, 3.63) is 34.1 Å². The average molecular weight is 534 g/mol. The SMILES string of the molecule is CCNC(=NCCc1ccc(F)c(Br)c1)NC1CCS(=O)(=O)C1.I. The highest BCUT2D eigenvalue weighted by Crippen LogP contribution is 2.17. The Bertz CT molecular complexity index is 685. The van der Waals surface area contributed by atoms with E-state index in [0.717, 1.165) is 5.56 Å². The second-order valence-corrected chi connectivity index (χ2v) is 8.59. The summed E-state index contributed by atoms with van der Waals surface area (Å²) in [7, 11) is -2.91. The summed E-state index contributed by atoms with van der Waals surface area (Å²) < 4.78 is 36.6. The van der Waals surface area contributed by atoms with Gasteiger partial charge in [0.2, 0.25) is 0 Å². The lowest BCUT2D eigenvalue weighted by Gasteiger charge is -2.15. The van der Waals surface area contributed by atoms with Crippen LogP contribution < -0.4 is 10.6 Å². The molecule has 0 amide bonds. The number of aliphatic imine (C=N–C) groups is 1. The summed E-state index contributed by atoms with van der Waals surface area (Å²) in [6.07, 6.45) is 1.29. The molecule has 1 fully saturated rings. The van der Waals surface area contributed by atoms with Crippen LogP contribution in [0.4, 0.5) is 4.39 Å². The van der Waals surface area contributed by atoms with E-state index in [2.05, 4.69) is 31.6 Å². The van der Waals surface area contributed by atoms with Gasteiger partial charge in [-0.15, -0.1) is 24.0 Å². The molecule has 0 aliphatic carbocycles. The van der Waals surface area contributed by atoms with E-state index in [4.69, 9.17) is 0 Å². The Morgan fingerprint density at radius 3 is 2.79 bits per heavy atom. The second-order valence-electron chi connectivity index (χ2n) is 5.50. The largest absolute Gasteiger partial charge is 0.357 e. The van der Waals surface area contributed by atoms with Gasteiger partial charge in [0.1, 0.15) is 5.82 Å². The first kappa shape index (κ1) is 21.6. The summed E-state index contributed by atoms with van der Waals surface area (Å²) in [4.78, 5) is 4.46. The lowest BCUT2D eigenvalue weighted by atomic mass is 10.1. The molecule has 136 valence electrons. The molecule has 1 atom stereocenters. The van der Waals surface area contributed by atoms with Gasteiger partial charge in [0.15, 0.2) is 15.8 Å². The Kier molecular flexibility index (Phi) is 8.93. The van der Waals surface area contributed by atoms with Gasteiger partial charge in [-0.3, -0.25) is 4.99 Å². The van der Waals surface area contributed by atoms with Crippen LogP contribution in [0.15, 0.2) is 27.7 Å². The third-order valence-corrected chi connectivity index (χ3v) is 5.95. The van der Waals surface area contributed by atoms with Gasteiger partial charge in [0, 0.05) is 19.1 Å². The lowest BCUT2D eigenvalue weighted by molar-refractivity contribution is 0.599. The van der Waals surface area contributed by atoms with E-state index in [0.29, 0.717) is 36.4 Å². The number of sulfone groups is 1. The van der Waals surface area contributed by atoms with Gasteiger partial charge in [-0.25, -0.2) is 12.8 Å². The molecular formula is C15H22BrFIN3O2S. The molecule has 24 heavy (non-hydrogen) atoms. The molecule has 0 bridgehead atoms. The van der Waals surface area contributed by atoms with Crippen LogP contribution in [-0.4, -0.2) is 45.0 Å². The zero-order chi connectivity index (χ0) is 16.9. The first-order chi connectivity index (χ1) is 10.9. The Balaban J connectivity index is 0.00000288. The van der Waals surface area contributed by atoms with E-state index in [-0.39, 0.29) is 47.3 Å². The Morgan fingerprint density at radius 2 is 2.21 bits per heavy atom. The summed E-state index contributed by atoms with van der Waals surface area (Å²) in [6, 6.07) is 4.82. The van der Waals surface area contributed by atoms with Gasteiger partial charge in [0.05, 0.1) is 16.0 Å². The quantitative estimate of drug-likeness (QED) is 0.346. The molecule has 1 aromatic carbocycles. The van der Waals surface area contributed by atoms with Crippen LogP contribution in [0, 0.1) is 5.82 Å². The minimum Gasteiger partial charge on any atom is -0.357 e. The molecule has 0 spiro atoms. The Morgan fingerprint density at radius 1 is 1.46 bits per heavy atom. The highest BCUT2D eigenvalue weighted by molar-refractivity contribution is 14.0. The first-order valence-electron chi connectivity index (χ1n) is 7.59. The molecule has 0 radical (unpaired) electrons. The Hall–Kier alpha value is -0.420. The fourth-order valence-corrected chi connectivity index (χ4v) is 4.51. The number of rotatable bonds is 5. The number of guanidine groups is 1. The highest BCUT2D eigenvalue weighted by atomic mass is 127. The van der Waals surface area contributed by atoms with E-state index < -0.39 is 9.84 Å². The summed E-state index contributed by atoms with van der Waals surface area (Å²) >= 11 is 3.17. The molecule has 5 nitrogen and oxygen atoms in total. The number of nitrogens with one attached hydrogen (secondary N) is 2. The topological polar surface area (TPSA) is 70.6 Å². The normalized spacial score (nSPS) is 19.6. The summed E-state index contributed by atoms with van der Waals surface area (Å²) in [5.74, 6) is 0.723. The van der Waals surface area contributed by atoms with Crippen molar-refractivity contribution in [3.63, 3.8) is 0 Å². The van der Waals surface area contributed by atoms with Crippen LogP contribution in [0.25, 0.3) is 0 Å². The molecule has 1 aliphatic heterocycles. The molecule has 0 aromatic heterocycles. The Labute approximate surface area is 168 Å². The van der Waals surface area contributed by atoms with Crippen molar-refractivity contribution in [3.8, 4) is 0 Å². The predicted octanol–water partition coefficient (Wildman–Crippen LogP) is 2.49. The third-order valence-electron chi connectivity index (χ3n) is 3.57. The molecule has 1 saturated heterocycles. The maximum absolute atomic E-state index is 13.2. The van der Waals surface area contributed by atoms with Crippen LogP contribution in [0.2, 0.25) is 0 Å². The molecule has 1 aromatic rings. The highest BCUT2D eigenvalue weighted by Gasteiger charge is 2.28. The van der Waals surface area contributed by atoms with Gasteiger partial charge >= 0.3 is 0 Å². The predicted molar refractivity (Wildman–Crippen MR) is 109 cm³/mol. The van der Waals surface area contributed by atoms with Gasteiger partial charge in [0.25, 0.3) is 0 Å². The summed E-state index contributed by atoms with van der Waals surface area (Å²) in [6.45, 7) is 3.19. The van der Waals surface area contributed by atoms with E-state index in [9.17, 15) is 12.8 Å². The van der Waals surface area contributed by atoms with Crippen molar-refractivity contribution >= 4 is 55.7 Å². The molecular weight excluding hydrogens is 512 g/mol. The smallest absolute Gasteiger partial charge is 0.191 e. The van der Waals surface area contributed by atoms with Crippen molar-refractivity contribution in [2.75, 3.05) is 24.6 Å². The van der Waals surface area contributed by atoms with E-state index >= 15 is 0 Å². The molecule has 2 N–H and O–H groups in total. The van der Waals surface area contributed by atoms with Crippen molar-refractivity contribution in [1.82, 2.24) is 10.6 Å². The van der Waals surface area contributed by atoms with E-state index in [1.165, 1.54) is 6.07 Å². The fraction of sp³-hybridized carbons (Fsp3) is 0.533. The van der Waals surface area contributed by atoms with Crippen LogP contribution in [-0.2, 0) is 16.3 Å². The van der Waals surface area contributed by atoms with Gasteiger partial charge < -0.3 is 10.6 Å². The standard InChI is InChI=1S/C15H21BrFN3O2S.HI/c1-2-18-15(20-12-6-8-23(21,22)10-12)19-7-5-11-3-4-14(17)13(16)9-11;/h3-4,9,12H,2,5-8,10H2,1H3,(H2,18,19,20);1H. The lowest BCUT2D eigenvalue weighted by Crippen LogP contribution is -2.44. The number of nitrogens with zero attached hydrogens (tertiary/aromatic N) is 1.